The zero-order valence-electron chi connectivity index (χ0n) is 26.9. The summed E-state index contributed by atoms with van der Waals surface area (Å²) < 4.78 is 21.2. The van der Waals surface area contributed by atoms with Gasteiger partial charge >= 0.3 is 17.5 Å². The molecule has 1 amide bonds. The van der Waals surface area contributed by atoms with Crippen molar-refractivity contribution in [2.24, 2.45) is 11.8 Å². The monoisotopic (exact) mass is 666 g/mol. The number of carbonyl (C=O) groups excluding carboxylic acids is 1. The molecule has 0 aliphatic carbocycles. The molecule has 0 saturated carbocycles. The van der Waals surface area contributed by atoms with Crippen molar-refractivity contribution in [2.75, 3.05) is 52.5 Å². The van der Waals surface area contributed by atoms with Crippen molar-refractivity contribution in [3.05, 3.63) is 67.8 Å². The smallest absolute Gasteiger partial charge is 0.410 e. The van der Waals surface area contributed by atoms with E-state index in [1.165, 1.54) is 30.3 Å². The summed E-state index contributed by atoms with van der Waals surface area (Å²) in [7, 11) is 0. The largest absolute Gasteiger partial charge is 0.484 e. The minimum atomic E-state index is -0.828. The van der Waals surface area contributed by atoms with Crippen LogP contribution in [0.5, 0.6) is 11.5 Å². The van der Waals surface area contributed by atoms with Crippen molar-refractivity contribution < 1.29 is 38.7 Å². The van der Waals surface area contributed by atoms with E-state index in [-0.39, 0.29) is 52.8 Å². The Labute approximate surface area is 277 Å². The number of nitrogens with zero attached hydrogens (tertiary/aromatic N) is 6. The lowest BCUT2D eigenvalue weighted by atomic mass is 9.84. The second-order valence-corrected chi connectivity index (χ2v) is 12.9. The number of rotatable bonds is 10. The Hall–Kier alpha value is -5.03. The van der Waals surface area contributed by atoms with Crippen molar-refractivity contribution in [1.82, 2.24) is 9.80 Å². The molecule has 3 aliphatic rings. The molecule has 3 heterocycles. The molecule has 0 spiro atoms. The van der Waals surface area contributed by atoms with Crippen molar-refractivity contribution in [2.45, 2.75) is 45.0 Å². The average Bonchev–Trinajstić information content (AvgIpc) is 3.86. The number of epoxide rings is 1. The number of amides is 1. The van der Waals surface area contributed by atoms with Crippen LogP contribution in [0.25, 0.3) is 0 Å². The predicted octanol–water partition coefficient (Wildman–Crippen LogP) is 3.64. The summed E-state index contributed by atoms with van der Waals surface area (Å²) >= 11 is 0. The van der Waals surface area contributed by atoms with Gasteiger partial charge in [-0.2, -0.15) is 10.5 Å². The van der Waals surface area contributed by atoms with E-state index in [2.05, 4.69) is 4.90 Å². The van der Waals surface area contributed by atoms with Gasteiger partial charge in [-0.25, -0.2) is 4.79 Å². The van der Waals surface area contributed by atoms with Gasteiger partial charge in [0.15, 0.2) is 11.5 Å². The molecule has 5 rings (SSSR count). The highest BCUT2D eigenvalue weighted by atomic mass is 16.6. The summed E-state index contributed by atoms with van der Waals surface area (Å²) in [5.74, 6) is 0.807. The minimum Gasteiger partial charge on any atom is -0.484 e. The quantitative estimate of drug-likeness (QED) is 0.218. The molecule has 3 fully saturated rings. The lowest BCUT2D eigenvalue weighted by molar-refractivity contribution is -0.386. The fourth-order valence-electron chi connectivity index (χ4n) is 5.60. The molecule has 2 aromatic carbocycles. The van der Waals surface area contributed by atoms with Gasteiger partial charge in [0.25, 0.3) is 0 Å². The number of benzene rings is 2. The van der Waals surface area contributed by atoms with Crippen molar-refractivity contribution in [3.8, 4) is 23.6 Å². The van der Waals surface area contributed by atoms with E-state index in [0.717, 1.165) is 25.6 Å². The Morgan fingerprint density at radius 2 is 1.50 bits per heavy atom. The highest BCUT2D eigenvalue weighted by Crippen LogP contribution is 2.31. The molecule has 16 heteroatoms. The van der Waals surface area contributed by atoms with Gasteiger partial charge in [0.1, 0.15) is 31.0 Å². The molecular weight excluding hydrogens is 628 g/mol. The number of β-amino-alcohol motifs (C(OH)–C–C–N with tert-alkyl or cyclic N) is 1. The van der Waals surface area contributed by atoms with E-state index in [9.17, 15) is 30.1 Å². The zero-order chi connectivity index (χ0) is 35.0. The molecule has 2 aromatic rings. The minimum absolute atomic E-state index is 0.0246. The number of nitriles is 2. The molecule has 0 radical (unpaired) electrons. The fraction of sp³-hybridized carbons (Fsp3) is 0.531. The number of aliphatic hydroxyl groups excluding tert-OH is 1. The number of hydrogen-bond donors (Lipinski definition) is 1. The van der Waals surface area contributed by atoms with E-state index in [0.29, 0.717) is 44.7 Å². The van der Waals surface area contributed by atoms with E-state index in [1.807, 2.05) is 32.9 Å². The van der Waals surface area contributed by atoms with Crippen LogP contribution in [0, 0.1) is 54.7 Å². The molecular formula is C32H38N6O10. The highest BCUT2D eigenvalue weighted by Gasteiger charge is 2.38. The summed E-state index contributed by atoms with van der Waals surface area (Å²) in [6, 6.07) is 11.8. The number of nitro benzene ring substituents is 2. The highest BCUT2D eigenvalue weighted by molar-refractivity contribution is 5.68. The summed E-state index contributed by atoms with van der Waals surface area (Å²) in [4.78, 5) is 37.1. The first-order valence-electron chi connectivity index (χ1n) is 15.4. The van der Waals surface area contributed by atoms with Crippen LogP contribution in [-0.2, 0) is 9.47 Å². The molecule has 0 aromatic heterocycles. The molecule has 2 bridgehead atoms. The van der Waals surface area contributed by atoms with Gasteiger partial charge in [-0.1, -0.05) is 0 Å². The molecule has 16 nitrogen and oxygen atoms in total. The Balaban J connectivity index is 0.000000271. The van der Waals surface area contributed by atoms with E-state index in [4.69, 9.17) is 29.5 Å². The molecule has 256 valence electrons. The number of carbonyl (C=O) groups is 1. The van der Waals surface area contributed by atoms with Crippen molar-refractivity contribution in [1.29, 1.82) is 10.5 Å². The predicted molar refractivity (Wildman–Crippen MR) is 168 cm³/mol. The number of fused-ring (bicyclic) bond motifs is 2. The maximum Gasteiger partial charge on any atom is 0.410 e. The molecule has 4 unspecified atom stereocenters. The lowest BCUT2D eigenvalue weighted by Gasteiger charge is -2.46. The fourth-order valence-corrected chi connectivity index (χ4v) is 5.60. The normalized spacial score (nSPS) is 20.5. The Kier molecular flexibility index (Phi) is 11.7. The van der Waals surface area contributed by atoms with Gasteiger partial charge in [0.05, 0.1) is 39.7 Å². The van der Waals surface area contributed by atoms with Crippen LogP contribution < -0.4 is 9.47 Å². The maximum absolute atomic E-state index is 12.4. The van der Waals surface area contributed by atoms with Crippen LogP contribution in [-0.4, -0.2) is 101 Å². The number of ether oxygens (including phenoxy) is 4. The maximum atomic E-state index is 12.4. The number of piperidine rings is 2. The standard InChI is InChI=1S/C22H30N4O6.C10H8N2O4/c1-22(2,3)32-21(28)25-11-16-6-17(12-25)10-24(9-16)13-18(27)14-31-20-5-4-15(8-23)7-19(20)26(29)30;11-4-7-1-2-10(9(3-7)12(13)14)16-6-8-5-15-8/h4-5,7,16-18,27H,6,9-14H2,1-3H3;1-3,8H,5-6H2. The van der Waals surface area contributed by atoms with Gasteiger partial charge in [-0.15, -0.1) is 0 Å². The van der Waals surface area contributed by atoms with Crippen molar-refractivity contribution in [3.63, 3.8) is 0 Å². The summed E-state index contributed by atoms with van der Waals surface area (Å²) in [6.45, 7) is 9.54. The van der Waals surface area contributed by atoms with Crippen LogP contribution in [0.1, 0.15) is 38.3 Å². The van der Waals surface area contributed by atoms with Crippen LogP contribution in [0.15, 0.2) is 36.4 Å². The van der Waals surface area contributed by atoms with Gasteiger partial charge < -0.3 is 29.0 Å². The molecule has 1 N–H and O–H groups in total. The van der Waals surface area contributed by atoms with Gasteiger partial charge in [-0.05, 0) is 63.3 Å². The number of hydrogen-bond acceptors (Lipinski definition) is 13. The van der Waals surface area contributed by atoms with E-state index >= 15 is 0 Å². The number of nitro groups is 2. The Morgan fingerprint density at radius 3 is 1.96 bits per heavy atom. The van der Waals surface area contributed by atoms with E-state index in [1.54, 1.807) is 4.90 Å². The third-order valence-electron chi connectivity index (χ3n) is 7.61. The first-order valence-corrected chi connectivity index (χ1v) is 15.4. The molecule has 3 aliphatic heterocycles. The summed E-state index contributed by atoms with van der Waals surface area (Å²) in [5.41, 5.74) is -0.610. The molecule has 3 saturated heterocycles. The van der Waals surface area contributed by atoms with Crippen LogP contribution >= 0.6 is 0 Å². The van der Waals surface area contributed by atoms with Gasteiger partial charge in [0, 0.05) is 44.9 Å². The average molecular weight is 667 g/mol. The Morgan fingerprint density at radius 1 is 0.979 bits per heavy atom. The third-order valence-corrected chi connectivity index (χ3v) is 7.61. The number of aliphatic hydroxyl groups is 1. The second-order valence-electron chi connectivity index (χ2n) is 12.9. The topological polar surface area (TPSA) is 218 Å². The third kappa shape index (κ3) is 10.5. The zero-order valence-corrected chi connectivity index (χ0v) is 26.9. The first-order chi connectivity index (χ1) is 22.7. The molecule has 4 atom stereocenters. The van der Waals surface area contributed by atoms with Gasteiger partial charge in [0.2, 0.25) is 0 Å². The van der Waals surface area contributed by atoms with Crippen LogP contribution in [0.2, 0.25) is 0 Å². The van der Waals surface area contributed by atoms with Crippen molar-refractivity contribution >= 4 is 17.5 Å². The second kappa shape index (κ2) is 15.7. The molecule has 48 heavy (non-hydrogen) atoms. The summed E-state index contributed by atoms with van der Waals surface area (Å²) in [6.07, 6.45) is -0.0285. The van der Waals surface area contributed by atoms with Crippen LogP contribution in [0.3, 0.4) is 0 Å². The first kappa shape index (κ1) is 35.8. The lowest BCUT2D eigenvalue weighted by Crippen LogP contribution is -2.56. The summed E-state index contributed by atoms with van der Waals surface area (Å²) in [5, 5.41) is 49.9. The number of likely N-dealkylation sites (tertiary alicyclic amines) is 2. The van der Waals surface area contributed by atoms with E-state index < -0.39 is 21.6 Å². The van der Waals surface area contributed by atoms with Gasteiger partial charge in [-0.3, -0.25) is 25.1 Å². The Bertz CT molecular complexity index is 1560. The van der Waals surface area contributed by atoms with Crippen LogP contribution in [0.4, 0.5) is 16.2 Å². The SMILES string of the molecule is CC(C)(C)OC(=O)N1CC2CC(CN(CC(O)COc3ccc(C#N)cc3[N+](=O)[O-])C2)C1.N#Cc1ccc(OCC2CO2)c([N+](=O)[O-])c1.